The minimum Gasteiger partial charge on any atom is -0.342 e. The van der Waals surface area contributed by atoms with Crippen LogP contribution in [0.4, 0.5) is 5.13 Å². The normalized spacial score (nSPS) is 16.1. The number of piperidine rings is 1. The summed E-state index contributed by atoms with van der Waals surface area (Å²) in [5.41, 5.74) is 2.21. The molecule has 2 fully saturated rings. The van der Waals surface area contributed by atoms with E-state index in [2.05, 4.69) is 10.3 Å². The van der Waals surface area contributed by atoms with E-state index in [9.17, 15) is 14.4 Å². The van der Waals surface area contributed by atoms with E-state index in [-0.39, 0.29) is 36.7 Å². The van der Waals surface area contributed by atoms with Gasteiger partial charge in [-0.3, -0.25) is 14.4 Å². The molecule has 1 aromatic heterocycles. The molecule has 2 aliphatic rings. The quantitative estimate of drug-likeness (QED) is 0.717. The van der Waals surface area contributed by atoms with Gasteiger partial charge < -0.3 is 15.1 Å². The molecule has 0 atom stereocenters. The number of carbonyl (C=O) groups excluding carboxylic acids is 3. The first-order chi connectivity index (χ1) is 15.0. The second kappa shape index (κ2) is 9.60. The Morgan fingerprint density at radius 2 is 1.90 bits per heavy atom. The number of aryl methyl sites for hydroxylation is 1. The summed E-state index contributed by atoms with van der Waals surface area (Å²) in [5.74, 6) is -0.286. The second-order valence-corrected chi connectivity index (χ2v) is 9.15. The van der Waals surface area contributed by atoms with Crippen LogP contribution in [0, 0.1) is 6.92 Å². The number of anilines is 1. The van der Waals surface area contributed by atoms with Crippen molar-refractivity contribution in [3.8, 4) is 0 Å². The standard InChI is InChI=1S/C23H28N4O3S/c1-16-7-3-4-8-19(16)22(30)27(18-9-10-18)14-20(28)25-23-24-17(15-31-23)13-21(29)26-11-5-2-6-12-26/h3-4,7-8,15,18H,2,5-6,9-14H2,1H3,(H,24,25,28). The summed E-state index contributed by atoms with van der Waals surface area (Å²) in [6, 6.07) is 7.56. The number of carbonyl (C=O) groups is 3. The zero-order valence-electron chi connectivity index (χ0n) is 17.8. The Bertz CT molecular complexity index is 963. The molecule has 2 heterocycles. The molecule has 8 heteroatoms. The fourth-order valence-electron chi connectivity index (χ4n) is 3.89. The average Bonchev–Trinajstić information content (AvgIpc) is 3.53. The lowest BCUT2D eigenvalue weighted by Gasteiger charge is -2.26. The lowest BCUT2D eigenvalue weighted by Crippen LogP contribution is -2.39. The van der Waals surface area contributed by atoms with Gasteiger partial charge >= 0.3 is 0 Å². The van der Waals surface area contributed by atoms with Crippen LogP contribution in [0.15, 0.2) is 29.6 Å². The van der Waals surface area contributed by atoms with E-state index in [1.54, 1.807) is 11.0 Å². The maximum Gasteiger partial charge on any atom is 0.254 e. The van der Waals surface area contributed by atoms with Gasteiger partial charge in [-0.25, -0.2) is 4.98 Å². The number of amides is 3. The molecule has 1 saturated carbocycles. The molecular formula is C23H28N4O3S. The molecule has 31 heavy (non-hydrogen) atoms. The van der Waals surface area contributed by atoms with E-state index < -0.39 is 0 Å². The minimum absolute atomic E-state index is 0.000540. The van der Waals surface area contributed by atoms with Crippen LogP contribution in [-0.4, -0.2) is 58.2 Å². The van der Waals surface area contributed by atoms with Gasteiger partial charge in [0.2, 0.25) is 11.8 Å². The molecule has 4 rings (SSSR count). The largest absolute Gasteiger partial charge is 0.342 e. The number of benzene rings is 1. The lowest BCUT2D eigenvalue weighted by atomic mass is 10.1. The van der Waals surface area contributed by atoms with Crippen molar-refractivity contribution in [1.29, 1.82) is 0 Å². The number of hydrogen-bond donors (Lipinski definition) is 1. The molecular weight excluding hydrogens is 412 g/mol. The van der Waals surface area contributed by atoms with Crippen LogP contribution in [0.2, 0.25) is 0 Å². The third-order valence-electron chi connectivity index (χ3n) is 5.78. The molecule has 1 N–H and O–H groups in total. The van der Waals surface area contributed by atoms with Gasteiger partial charge in [0.25, 0.3) is 5.91 Å². The van der Waals surface area contributed by atoms with E-state index in [1.807, 2.05) is 35.4 Å². The van der Waals surface area contributed by atoms with Gasteiger partial charge in [-0.05, 0) is 50.7 Å². The lowest BCUT2D eigenvalue weighted by molar-refractivity contribution is -0.131. The minimum atomic E-state index is -0.267. The van der Waals surface area contributed by atoms with Crippen LogP contribution in [0.1, 0.15) is 53.7 Å². The van der Waals surface area contributed by atoms with Crippen molar-refractivity contribution in [3.63, 3.8) is 0 Å². The average molecular weight is 441 g/mol. The van der Waals surface area contributed by atoms with Crippen molar-refractivity contribution in [2.75, 3.05) is 25.0 Å². The topological polar surface area (TPSA) is 82.6 Å². The molecule has 1 aliphatic carbocycles. The summed E-state index contributed by atoms with van der Waals surface area (Å²) >= 11 is 1.31. The van der Waals surface area contributed by atoms with Crippen molar-refractivity contribution < 1.29 is 14.4 Å². The predicted molar refractivity (Wildman–Crippen MR) is 120 cm³/mol. The van der Waals surface area contributed by atoms with Gasteiger partial charge in [0, 0.05) is 30.1 Å². The highest BCUT2D eigenvalue weighted by Crippen LogP contribution is 2.29. The smallest absolute Gasteiger partial charge is 0.254 e. The monoisotopic (exact) mass is 440 g/mol. The number of nitrogens with one attached hydrogen (secondary N) is 1. The first kappa shape index (κ1) is 21.5. The maximum absolute atomic E-state index is 13.0. The van der Waals surface area contributed by atoms with Crippen molar-refractivity contribution in [2.45, 2.75) is 51.5 Å². The molecule has 0 unspecified atom stereocenters. The molecule has 0 spiro atoms. The van der Waals surface area contributed by atoms with Gasteiger partial charge in [0.15, 0.2) is 5.13 Å². The number of hydrogen-bond acceptors (Lipinski definition) is 5. The van der Waals surface area contributed by atoms with Crippen molar-refractivity contribution in [3.05, 3.63) is 46.5 Å². The number of nitrogens with zero attached hydrogens (tertiary/aromatic N) is 3. The Kier molecular flexibility index (Phi) is 6.65. The van der Waals surface area contributed by atoms with Crippen LogP contribution in [0.3, 0.4) is 0 Å². The number of likely N-dealkylation sites (tertiary alicyclic amines) is 1. The molecule has 3 amide bonds. The van der Waals surface area contributed by atoms with Crippen LogP contribution in [0.5, 0.6) is 0 Å². The Morgan fingerprint density at radius 1 is 1.16 bits per heavy atom. The number of rotatable bonds is 7. The fraction of sp³-hybridized carbons (Fsp3) is 0.478. The molecule has 164 valence electrons. The molecule has 7 nitrogen and oxygen atoms in total. The van der Waals surface area contributed by atoms with E-state index in [1.165, 1.54) is 17.8 Å². The molecule has 1 aromatic carbocycles. The molecule has 0 bridgehead atoms. The molecule has 0 radical (unpaired) electrons. The first-order valence-corrected chi connectivity index (χ1v) is 11.8. The number of aromatic nitrogens is 1. The zero-order valence-corrected chi connectivity index (χ0v) is 18.6. The summed E-state index contributed by atoms with van der Waals surface area (Å²) in [6.45, 7) is 3.54. The van der Waals surface area contributed by atoms with Gasteiger partial charge in [-0.2, -0.15) is 0 Å². The Hall–Kier alpha value is -2.74. The van der Waals surface area contributed by atoms with Crippen molar-refractivity contribution in [1.82, 2.24) is 14.8 Å². The van der Waals surface area contributed by atoms with E-state index in [0.29, 0.717) is 16.4 Å². The fourth-order valence-corrected chi connectivity index (χ4v) is 4.62. The highest BCUT2D eigenvalue weighted by atomic mass is 32.1. The molecule has 1 saturated heterocycles. The summed E-state index contributed by atoms with van der Waals surface area (Å²) < 4.78 is 0. The van der Waals surface area contributed by atoms with Crippen LogP contribution in [-0.2, 0) is 16.0 Å². The van der Waals surface area contributed by atoms with Crippen LogP contribution < -0.4 is 5.32 Å². The van der Waals surface area contributed by atoms with E-state index in [4.69, 9.17) is 0 Å². The van der Waals surface area contributed by atoms with Gasteiger partial charge in [-0.1, -0.05) is 18.2 Å². The predicted octanol–water partition coefficient (Wildman–Crippen LogP) is 3.25. The first-order valence-electron chi connectivity index (χ1n) is 10.9. The Balaban J connectivity index is 1.34. The van der Waals surface area contributed by atoms with Crippen molar-refractivity contribution >= 4 is 34.2 Å². The van der Waals surface area contributed by atoms with E-state index >= 15 is 0 Å². The van der Waals surface area contributed by atoms with Crippen LogP contribution >= 0.6 is 11.3 Å². The third kappa shape index (κ3) is 5.50. The second-order valence-electron chi connectivity index (χ2n) is 8.29. The van der Waals surface area contributed by atoms with Crippen LogP contribution in [0.25, 0.3) is 0 Å². The zero-order chi connectivity index (χ0) is 21.8. The summed E-state index contributed by atoms with van der Waals surface area (Å²) in [6.07, 6.45) is 5.40. The maximum atomic E-state index is 13.0. The van der Waals surface area contributed by atoms with E-state index in [0.717, 1.165) is 44.3 Å². The summed E-state index contributed by atoms with van der Waals surface area (Å²) in [5, 5.41) is 5.08. The highest BCUT2D eigenvalue weighted by Gasteiger charge is 2.34. The number of thiazole rings is 1. The molecule has 1 aliphatic heterocycles. The Labute approximate surface area is 186 Å². The third-order valence-corrected chi connectivity index (χ3v) is 6.58. The Morgan fingerprint density at radius 3 is 2.61 bits per heavy atom. The van der Waals surface area contributed by atoms with Gasteiger partial charge in [0.1, 0.15) is 6.54 Å². The summed E-state index contributed by atoms with van der Waals surface area (Å²) in [7, 11) is 0. The SMILES string of the molecule is Cc1ccccc1C(=O)N(CC(=O)Nc1nc(CC(=O)N2CCCCC2)cs1)C1CC1. The van der Waals surface area contributed by atoms with Gasteiger partial charge in [-0.15, -0.1) is 11.3 Å². The van der Waals surface area contributed by atoms with Gasteiger partial charge in [0.05, 0.1) is 12.1 Å². The highest BCUT2D eigenvalue weighted by molar-refractivity contribution is 7.13. The summed E-state index contributed by atoms with van der Waals surface area (Å²) in [4.78, 5) is 46.0. The molecule has 2 aromatic rings. The van der Waals surface area contributed by atoms with Crippen molar-refractivity contribution in [2.24, 2.45) is 0 Å².